The average molecular weight is 443 g/mol. The normalized spacial score (nSPS) is 20.5. The molecule has 0 unspecified atom stereocenters. The van der Waals surface area contributed by atoms with E-state index in [4.69, 9.17) is 0 Å². The lowest BCUT2D eigenvalue weighted by Gasteiger charge is -2.48. The predicted octanol–water partition coefficient (Wildman–Crippen LogP) is 5.59. The number of Topliss-reactive ketones (excluding diaryl/α,β-unsaturated/α-hetero) is 1. The Hall–Kier alpha value is -2.95. The fourth-order valence-corrected chi connectivity index (χ4v) is 4.98. The van der Waals surface area contributed by atoms with Gasteiger partial charge in [0.15, 0.2) is 5.78 Å². The molecule has 0 aliphatic carbocycles. The quantitative estimate of drug-likeness (QED) is 0.506. The molecule has 4 rings (SSSR count). The number of carbonyl (C=O) groups excluding carboxylic acids is 1. The van der Waals surface area contributed by atoms with Gasteiger partial charge in [0.05, 0.1) is 6.04 Å². The lowest BCUT2D eigenvalue weighted by molar-refractivity contribution is 0.0195. The van der Waals surface area contributed by atoms with Crippen molar-refractivity contribution in [2.75, 3.05) is 13.1 Å². The number of piperazine rings is 1. The highest BCUT2D eigenvalue weighted by molar-refractivity contribution is 5.94. The SMILES string of the molecule is CC(=O)c1cccc([C@@H](c2cccc(C)c2)N2C[C@@H](C)N(Cc3ccc(O)cc3)C[C@@H]2C)c1. The topological polar surface area (TPSA) is 43.8 Å². The summed E-state index contributed by atoms with van der Waals surface area (Å²) in [5.74, 6) is 0.402. The molecular formula is C29H34N2O2. The van der Waals surface area contributed by atoms with Crippen molar-refractivity contribution in [1.29, 1.82) is 0 Å². The number of carbonyl (C=O) groups is 1. The monoisotopic (exact) mass is 442 g/mol. The van der Waals surface area contributed by atoms with E-state index >= 15 is 0 Å². The van der Waals surface area contributed by atoms with Crippen molar-refractivity contribution >= 4 is 5.78 Å². The fraction of sp³-hybridized carbons (Fsp3) is 0.345. The third kappa shape index (κ3) is 5.35. The van der Waals surface area contributed by atoms with E-state index in [1.54, 1.807) is 19.1 Å². The molecule has 33 heavy (non-hydrogen) atoms. The summed E-state index contributed by atoms with van der Waals surface area (Å²) >= 11 is 0. The van der Waals surface area contributed by atoms with Crippen molar-refractivity contribution < 1.29 is 9.90 Å². The van der Waals surface area contributed by atoms with E-state index in [1.165, 1.54) is 22.3 Å². The second-order valence-corrected chi connectivity index (χ2v) is 9.49. The molecule has 3 atom stereocenters. The maximum Gasteiger partial charge on any atom is 0.159 e. The summed E-state index contributed by atoms with van der Waals surface area (Å²) in [6, 6.07) is 25.2. The van der Waals surface area contributed by atoms with Crippen LogP contribution < -0.4 is 0 Å². The first-order valence-electron chi connectivity index (χ1n) is 11.8. The third-order valence-corrected chi connectivity index (χ3v) is 6.78. The second kappa shape index (κ2) is 9.90. The molecule has 1 heterocycles. The van der Waals surface area contributed by atoms with Crippen molar-refractivity contribution in [3.05, 3.63) is 101 Å². The Labute approximate surface area is 197 Å². The summed E-state index contributed by atoms with van der Waals surface area (Å²) in [6.45, 7) is 11.1. The van der Waals surface area contributed by atoms with Crippen molar-refractivity contribution in [2.24, 2.45) is 0 Å². The fourth-order valence-electron chi connectivity index (χ4n) is 4.98. The molecule has 1 saturated heterocycles. The van der Waals surface area contributed by atoms with E-state index < -0.39 is 0 Å². The van der Waals surface area contributed by atoms with Gasteiger partial charge in [0.2, 0.25) is 0 Å². The van der Waals surface area contributed by atoms with E-state index in [0.29, 0.717) is 17.8 Å². The number of rotatable bonds is 6. The molecule has 0 spiro atoms. The first kappa shape index (κ1) is 23.2. The molecule has 0 aromatic heterocycles. The molecule has 0 radical (unpaired) electrons. The molecule has 0 bridgehead atoms. The second-order valence-electron chi connectivity index (χ2n) is 9.49. The summed E-state index contributed by atoms with van der Waals surface area (Å²) in [5.41, 5.74) is 5.65. The molecule has 1 aliphatic heterocycles. The van der Waals surface area contributed by atoms with Crippen LogP contribution in [0, 0.1) is 6.92 Å². The number of hydrogen-bond donors (Lipinski definition) is 1. The van der Waals surface area contributed by atoms with Gasteiger partial charge in [-0.2, -0.15) is 0 Å². The van der Waals surface area contributed by atoms with Gasteiger partial charge >= 0.3 is 0 Å². The van der Waals surface area contributed by atoms with E-state index in [0.717, 1.165) is 25.2 Å². The van der Waals surface area contributed by atoms with Crippen LogP contribution in [-0.2, 0) is 6.54 Å². The average Bonchev–Trinajstić information content (AvgIpc) is 2.79. The molecule has 0 saturated carbocycles. The summed E-state index contributed by atoms with van der Waals surface area (Å²) in [5, 5.41) is 9.60. The van der Waals surface area contributed by atoms with Gasteiger partial charge in [0, 0.05) is 37.3 Å². The van der Waals surface area contributed by atoms with Crippen LogP contribution in [0.4, 0.5) is 0 Å². The highest BCUT2D eigenvalue weighted by Crippen LogP contribution is 2.34. The van der Waals surface area contributed by atoms with Gasteiger partial charge in [0.1, 0.15) is 5.75 Å². The molecule has 3 aromatic carbocycles. The molecule has 3 aromatic rings. The highest BCUT2D eigenvalue weighted by atomic mass is 16.3. The number of benzene rings is 3. The Balaban J connectivity index is 1.64. The van der Waals surface area contributed by atoms with E-state index in [1.807, 2.05) is 24.3 Å². The minimum atomic E-state index is 0.0949. The smallest absolute Gasteiger partial charge is 0.159 e. The minimum absolute atomic E-state index is 0.0949. The maximum atomic E-state index is 12.1. The lowest BCUT2D eigenvalue weighted by Crippen LogP contribution is -2.56. The van der Waals surface area contributed by atoms with E-state index in [-0.39, 0.29) is 11.8 Å². The predicted molar refractivity (Wildman–Crippen MR) is 134 cm³/mol. The standard InChI is InChI=1S/C29H34N2O2/c1-20-7-5-9-26(15-20)29(27-10-6-8-25(16-27)23(4)32)31-18-21(2)30(17-22(31)3)19-24-11-13-28(33)14-12-24/h5-16,21-22,29,33H,17-19H2,1-4H3/t21-,22+,29-/m1/s1. The molecule has 0 amide bonds. The summed E-state index contributed by atoms with van der Waals surface area (Å²) in [4.78, 5) is 17.2. The van der Waals surface area contributed by atoms with Crippen molar-refractivity contribution in [3.63, 3.8) is 0 Å². The Morgan fingerprint density at radius 1 is 0.939 bits per heavy atom. The van der Waals surface area contributed by atoms with E-state index in [2.05, 4.69) is 67.0 Å². The molecule has 1 aliphatic rings. The Kier molecular flexibility index (Phi) is 6.96. The first-order chi connectivity index (χ1) is 15.8. The van der Waals surface area contributed by atoms with Gasteiger partial charge in [-0.15, -0.1) is 0 Å². The van der Waals surface area contributed by atoms with Crippen LogP contribution in [0.1, 0.15) is 59.4 Å². The van der Waals surface area contributed by atoms with Crippen LogP contribution in [0.2, 0.25) is 0 Å². The Bertz CT molecular complexity index is 1110. The van der Waals surface area contributed by atoms with Crippen molar-refractivity contribution in [3.8, 4) is 5.75 Å². The molecule has 4 heteroatoms. The molecule has 172 valence electrons. The van der Waals surface area contributed by atoms with Gasteiger partial charge in [-0.05, 0) is 62.6 Å². The largest absolute Gasteiger partial charge is 0.508 e. The molecule has 1 N–H and O–H groups in total. The number of phenolic OH excluding ortho intramolecular Hbond substituents is 1. The van der Waals surface area contributed by atoms with Gasteiger partial charge in [-0.3, -0.25) is 14.6 Å². The summed E-state index contributed by atoms with van der Waals surface area (Å²) in [6.07, 6.45) is 0. The van der Waals surface area contributed by atoms with Crippen molar-refractivity contribution in [2.45, 2.75) is 52.4 Å². The van der Waals surface area contributed by atoms with Gasteiger partial charge in [-0.1, -0.05) is 60.2 Å². The number of phenols is 1. The summed E-state index contributed by atoms with van der Waals surface area (Å²) < 4.78 is 0. The zero-order valence-electron chi connectivity index (χ0n) is 20.0. The van der Waals surface area contributed by atoms with Crippen molar-refractivity contribution in [1.82, 2.24) is 9.80 Å². The van der Waals surface area contributed by atoms with Gasteiger partial charge in [0.25, 0.3) is 0 Å². The van der Waals surface area contributed by atoms with Crippen LogP contribution >= 0.6 is 0 Å². The third-order valence-electron chi connectivity index (χ3n) is 6.78. The Morgan fingerprint density at radius 2 is 1.61 bits per heavy atom. The van der Waals surface area contributed by atoms with Gasteiger partial charge in [-0.25, -0.2) is 0 Å². The Morgan fingerprint density at radius 3 is 2.27 bits per heavy atom. The number of ketones is 1. The molecule has 4 nitrogen and oxygen atoms in total. The maximum absolute atomic E-state index is 12.1. The zero-order chi connectivity index (χ0) is 23.5. The van der Waals surface area contributed by atoms with Crippen LogP contribution in [-0.4, -0.2) is 45.9 Å². The van der Waals surface area contributed by atoms with E-state index in [9.17, 15) is 9.90 Å². The number of aromatic hydroxyl groups is 1. The number of aryl methyl sites for hydroxylation is 1. The number of hydrogen-bond acceptors (Lipinski definition) is 4. The lowest BCUT2D eigenvalue weighted by atomic mass is 9.91. The van der Waals surface area contributed by atoms with Gasteiger partial charge < -0.3 is 5.11 Å². The molecular weight excluding hydrogens is 408 g/mol. The van der Waals surface area contributed by atoms with Crippen LogP contribution in [0.3, 0.4) is 0 Å². The zero-order valence-corrected chi connectivity index (χ0v) is 20.0. The number of nitrogens with zero attached hydrogens (tertiary/aromatic N) is 2. The van der Waals surface area contributed by atoms with Crippen LogP contribution in [0.15, 0.2) is 72.8 Å². The highest BCUT2D eigenvalue weighted by Gasteiger charge is 2.35. The van der Waals surface area contributed by atoms with Crippen LogP contribution in [0.5, 0.6) is 5.75 Å². The minimum Gasteiger partial charge on any atom is -0.508 e. The molecule has 1 fully saturated rings. The first-order valence-corrected chi connectivity index (χ1v) is 11.8. The summed E-state index contributed by atoms with van der Waals surface area (Å²) in [7, 11) is 0. The van der Waals surface area contributed by atoms with Crippen LogP contribution in [0.25, 0.3) is 0 Å².